The second-order valence-electron chi connectivity index (χ2n) is 8.90. The molecule has 156 valence electrons. The van der Waals surface area contributed by atoms with Crippen LogP contribution in [0.4, 0.5) is 4.79 Å². The summed E-state index contributed by atoms with van der Waals surface area (Å²) in [6.45, 7) is 7.58. The molecule has 0 spiro atoms. The third-order valence-corrected chi connectivity index (χ3v) is 5.34. The Hall–Kier alpha value is -2.84. The number of aromatic nitrogens is 4. The molecule has 29 heavy (non-hydrogen) atoms. The molecule has 0 saturated heterocycles. The average molecular weight is 400 g/mol. The summed E-state index contributed by atoms with van der Waals surface area (Å²) in [6.07, 6.45) is 2.17. The number of aryl methyl sites for hydroxylation is 1. The number of amides is 2. The van der Waals surface area contributed by atoms with E-state index < -0.39 is 5.60 Å². The maximum absolute atomic E-state index is 13.2. The minimum absolute atomic E-state index is 0.0645. The molecular weight excluding hydrogens is 372 g/mol. The summed E-state index contributed by atoms with van der Waals surface area (Å²) < 4.78 is 9.10. The number of rotatable bonds is 1. The first-order valence-corrected chi connectivity index (χ1v) is 9.94. The Morgan fingerprint density at radius 3 is 2.62 bits per heavy atom. The number of carbonyl (C=O) groups excluding carboxylic acids is 2. The number of nitrogens with zero attached hydrogens (tertiary/aromatic N) is 6. The fourth-order valence-electron chi connectivity index (χ4n) is 3.98. The topological polar surface area (TPSA) is 85.5 Å². The zero-order valence-corrected chi connectivity index (χ0v) is 17.7. The van der Waals surface area contributed by atoms with Gasteiger partial charge in [0.25, 0.3) is 5.91 Å². The molecule has 9 heteroatoms. The monoisotopic (exact) mass is 400 g/mol. The van der Waals surface area contributed by atoms with Gasteiger partial charge in [0.2, 0.25) is 0 Å². The molecule has 1 unspecified atom stereocenters. The van der Waals surface area contributed by atoms with Crippen molar-refractivity contribution in [2.75, 3.05) is 20.1 Å². The quantitative estimate of drug-likeness (QED) is 0.728. The molecule has 1 atom stereocenters. The van der Waals surface area contributed by atoms with Crippen LogP contribution in [0.15, 0.2) is 12.3 Å². The Morgan fingerprint density at radius 2 is 1.97 bits per heavy atom. The van der Waals surface area contributed by atoms with Crippen LogP contribution in [-0.4, -0.2) is 67.1 Å². The highest BCUT2D eigenvalue weighted by Gasteiger charge is 2.36. The van der Waals surface area contributed by atoms with Gasteiger partial charge in [0.15, 0.2) is 0 Å². The van der Waals surface area contributed by atoms with Gasteiger partial charge in [0.1, 0.15) is 11.3 Å². The Kier molecular flexibility index (Phi) is 4.63. The van der Waals surface area contributed by atoms with Gasteiger partial charge in [-0.05, 0) is 26.8 Å². The summed E-state index contributed by atoms with van der Waals surface area (Å²) in [5.74, 6) is -0.00191. The molecule has 2 amide bonds. The first-order valence-electron chi connectivity index (χ1n) is 9.94. The summed E-state index contributed by atoms with van der Waals surface area (Å²) >= 11 is 0. The van der Waals surface area contributed by atoms with Gasteiger partial charge in [-0.1, -0.05) is 0 Å². The molecule has 0 bridgehead atoms. The maximum atomic E-state index is 13.2. The molecule has 2 aromatic rings. The van der Waals surface area contributed by atoms with Crippen molar-refractivity contribution >= 4 is 12.0 Å². The molecule has 0 aliphatic carbocycles. The number of ether oxygens (including phenoxy) is 1. The lowest BCUT2D eigenvalue weighted by Crippen LogP contribution is -2.40. The van der Waals surface area contributed by atoms with Gasteiger partial charge in [0, 0.05) is 51.3 Å². The lowest BCUT2D eigenvalue weighted by molar-refractivity contribution is 0.0222. The van der Waals surface area contributed by atoms with E-state index in [4.69, 9.17) is 9.84 Å². The van der Waals surface area contributed by atoms with Crippen LogP contribution in [0.5, 0.6) is 0 Å². The van der Waals surface area contributed by atoms with E-state index in [0.717, 1.165) is 17.0 Å². The van der Waals surface area contributed by atoms with Gasteiger partial charge in [-0.15, -0.1) is 0 Å². The highest BCUT2D eigenvalue weighted by Crippen LogP contribution is 2.29. The van der Waals surface area contributed by atoms with Crippen LogP contribution in [0.1, 0.15) is 54.1 Å². The van der Waals surface area contributed by atoms with E-state index in [-0.39, 0.29) is 17.9 Å². The number of hydrogen-bond donors (Lipinski definition) is 0. The first-order chi connectivity index (χ1) is 13.6. The summed E-state index contributed by atoms with van der Waals surface area (Å²) in [4.78, 5) is 29.1. The molecule has 0 N–H and O–H groups in total. The van der Waals surface area contributed by atoms with Crippen molar-refractivity contribution in [1.82, 2.24) is 29.4 Å². The fraction of sp³-hybridized carbons (Fsp3) is 0.600. The Balaban J connectivity index is 1.64. The molecule has 2 aliphatic rings. The summed E-state index contributed by atoms with van der Waals surface area (Å²) in [7, 11) is 3.69. The van der Waals surface area contributed by atoms with Gasteiger partial charge in [-0.2, -0.15) is 10.2 Å². The first kappa shape index (κ1) is 19.5. The molecule has 2 aromatic heterocycles. The van der Waals surface area contributed by atoms with Crippen molar-refractivity contribution in [3.05, 3.63) is 34.9 Å². The van der Waals surface area contributed by atoms with Crippen molar-refractivity contribution in [3.63, 3.8) is 0 Å². The summed E-state index contributed by atoms with van der Waals surface area (Å²) in [5.41, 5.74) is 2.70. The molecular formula is C20H28N6O3. The van der Waals surface area contributed by atoms with E-state index in [1.54, 1.807) is 14.5 Å². The second-order valence-corrected chi connectivity index (χ2v) is 8.90. The third-order valence-electron chi connectivity index (χ3n) is 5.34. The van der Waals surface area contributed by atoms with Crippen molar-refractivity contribution in [3.8, 4) is 0 Å². The highest BCUT2D eigenvalue weighted by molar-refractivity contribution is 5.94. The number of fused-ring (bicyclic) bond motifs is 3. The zero-order valence-electron chi connectivity index (χ0n) is 17.7. The van der Waals surface area contributed by atoms with Crippen LogP contribution in [0.25, 0.3) is 0 Å². The summed E-state index contributed by atoms with van der Waals surface area (Å²) in [6, 6.07) is 1.99. The Labute approximate surface area is 170 Å². The van der Waals surface area contributed by atoms with E-state index in [1.807, 2.05) is 51.8 Å². The van der Waals surface area contributed by atoms with Gasteiger partial charge < -0.3 is 14.5 Å². The number of likely N-dealkylation sites (N-methyl/N-ethyl adjacent to an activating group) is 1. The Morgan fingerprint density at radius 1 is 1.21 bits per heavy atom. The smallest absolute Gasteiger partial charge is 0.410 e. The molecule has 4 rings (SSSR count). The standard InChI is InChI=1S/C20H28N6O3/c1-20(2,3)29-19(28)25-9-7-16-14(12-25)17-18(27)23(4)10-13(11-26(17)22-16)15-6-8-24(5)21-15/h6,8,13H,7,9-12H2,1-5H3. The van der Waals surface area contributed by atoms with Crippen LogP contribution in [0.3, 0.4) is 0 Å². The van der Waals surface area contributed by atoms with E-state index >= 15 is 0 Å². The van der Waals surface area contributed by atoms with Gasteiger partial charge in [0.05, 0.1) is 24.5 Å². The minimum Gasteiger partial charge on any atom is -0.444 e. The van der Waals surface area contributed by atoms with Gasteiger partial charge in [-0.25, -0.2) is 4.79 Å². The normalized spacial score (nSPS) is 19.6. The molecule has 4 heterocycles. The molecule has 9 nitrogen and oxygen atoms in total. The van der Waals surface area contributed by atoms with Crippen LogP contribution in [0.2, 0.25) is 0 Å². The van der Waals surface area contributed by atoms with Crippen LogP contribution >= 0.6 is 0 Å². The van der Waals surface area contributed by atoms with Crippen molar-refractivity contribution in [2.24, 2.45) is 7.05 Å². The highest BCUT2D eigenvalue weighted by atomic mass is 16.6. The van der Waals surface area contributed by atoms with E-state index in [0.29, 0.717) is 38.3 Å². The predicted octanol–water partition coefficient (Wildman–Crippen LogP) is 1.78. The van der Waals surface area contributed by atoms with Gasteiger partial charge in [-0.3, -0.25) is 14.2 Å². The minimum atomic E-state index is -0.556. The molecule has 0 radical (unpaired) electrons. The third kappa shape index (κ3) is 3.73. The van der Waals surface area contributed by atoms with Gasteiger partial charge >= 0.3 is 6.09 Å². The Bertz CT molecular complexity index is 954. The van der Waals surface area contributed by atoms with Crippen LogP contribution in [-0.2, 0) is 31.3 Å². The molecule has 0 saturated carbocycles. The number of hydrogen-bond acceptors (Lipinski definition) is 5. The lowest BCUT2D eigenvalue weighted by atomic mass is 10.0. The predicted molar refractivity (Wildman–Crippen MR) is 105 cm³/mol. The van der Waals surface area contributed by atoms with Crippen LogP contribution in [0, 0.1) is 0 Å². The lowest BCUT2D eigenvalue weighted by Gasteiger charge is -2.30. The molecule has 2 aliphatic heterocycles. The van der Waals surface area contributed by atoms with Crippen molar-refractivity contribution in [1.29, 1.82) is 0 Å². The van der Waals surface area contributed by atoms with E-state index in [2.05, 4.69) is 5.10 Å². The largest absolute Gasteiger partial charge is 0.444 e. The second kappa shape index (κ2) is 6.89. The maximum Gasteiger partial charge on any atom is 0.410 e. The summed E-state index contributed by atoms with van der Waals surface area (Å²) in [5, 5.41) is 9.27. The van der Waals surface area contributed by atoms with E-state index in [1.165, 1.54) is 0 Å². The zero-order chi connectivity index (χ0) is 20.9. The average Bonchev–Trinajstić information content (AvgIpc) is 3.18. The number of carbonyl (C=O) groups is 2. The van der Waals surface area contributed by atoms with Crippen LogP contribution < -0.4 is 0 Å². The van der Waals surface area contributed by atoms with E-state index in [9.17, 15) is 9.59 Å². The van der Waals surface area contributed by atoms with Crippen molar-refractivity contribution < 1.29 is 14.3 Å². The van der Waals surface area contributed by atoms with Crippen molar-refractivity contribution in [2.45, 2.75) is 51.8 Å². The molecule has 0 aromatic carbocycles. The fourth-order valence-corrected chi connectivity index (χ4v) is 3.98. The molecule has 0 fully saturated rings. The SMILES string of the molecule is CN1CC(c2ccn(C)n2)Cn2nc3c(c2C1=O)CN(C(=O)OC(C)(C)C)CC3.